The summed E-state index contributed by atoms with van der Waals surface area (Å²) in [7, 11) is 1.78. The summed E-state index contributed by atoms with van der Waals surface area (Å²) in [6.45, 7) is 33.6. The van der Waals surface area contributed by atoms with Gasteiger partial charge >= 0.3 is 5.69 Å². The minimum atomic E-state index is -0.213. The van der Waals surface area contributed by atoms with Gasteiger partial charge in [0.2, 0.25) is 11.8 Å². The normalized spacial score (nSPS) is 12.9. The van der Waals surface area contributed by atoms with E-state index in [1.165, 1.54) is 0 Å². The van der Waals surface area contributed by atoms with Gasteiger partial charge in [0.1, 0.15) is 17.3 Å². The highest BCUT2D eigenvalue weighted by atomic mass is 16.5. The molecule has 2 amide bonds. The van der Waals surface area contributed by atoms with E-state index in [2.05, 4.69) is 64.4 Å². The van der Waals surface area contributed by atoms with Gasteiger partial charge < -0.3 is 23.4 Å². The number of carbonyl (C=O) groups is 2. The van der Waals surface area contributed by atoms with Crippen LogP contribution in [0, 0.1) is 41.5 Å². The van der Waals surface area contributed by atoms with Crippen LogP contribution in [0.3, 0.4) is 0 Å². The molecule has 3 aromatic carbocycles. The SMILES string of the molecule is CC.CC.CC.CC.CC[C@H](c1ccccn1)N1C(=O)Cc2cnc3cc(-c4c(C)noc4C)ccc3c21.Cc1noc(C)c1-c1ccc2c(c1)ncc1c2n([C@H](C)c2ccccn2)c(=O)n1C.Cc1noc(C)c1-c1ccc2c3c(cnc2c1)CC(=O)N3[C@H](C)c1ccccn1. The van der Waals surface area contributed by atoms with E-state index in [0.29, 0.717) is 12.8 Å². The molecule has 0 saturated carbocycles. The highest BCUT2D eigenvalue weighted by Gasteiger charge is 2.37. The van der Waals surface area contributed by atoms with Crippen molar-refractivity contribution in [3.8, 4) is 33.4 Å². The molecule has 2 aliphatic rings. The summed E-state index contributed by atoms with van der Waals surface area (Å²) < 4.78 is 19.4. The molecule has 500 valence electrons. The first-order valence-electron chi connectivity index (χ1n) is 33.6. The number of hydrogen-bond acceptors (Lipinski definition) is 15. The van der Waals surface area contributed by atoms with Gasteiger partial charge in [-0.15, -0.1) is 0 Å². The number of anilines is 2. The summed E-state index contributed by atoms with van der Waals surface area (Å²) in [5, 5.41) is 15.0. The number of imidazole rings is 1. The van der Waals surface area contributed by atoms with Crippen LogP contribution in [-0.2, 0) is 29.5 Å². The topological polar surface area (TPSA) is 223 Å². The summed E-state index contributed by atoms with van der Waals surface area (Å²) in [5.41, 5.74) is 19.0. The molecule has 0 radical (unpaired) electrons. The molecule has 19 heteroatoms. The van der Waals surface area contributed by atoms with Crippen LogP contribution in [0.5, 0.6) is 0 Å². The third-order valence-corrected chi connectivity index (χ3v) is 17.2. The molecule has 15 rings (SSSR count). The predicted octanol–water partition coefficient (Wildman–Crippen LogP) is 17.8. The molecule has 0 N–H and O–H groups in total. The molecule has 10 aromatic heterocycles. The molecule has 0 fully saturated rings. The lowest BCUT2D eigenvalue weighted by Gasteiger charge is -2.28. The second-order valence-electron chi connectivity index (χ2n) is 22.7. The van der Waals surface area contributed by atoms with E-state index >= 15 is 0 Å². The molecule has 0 saturated heterocycles. The number of aromatic nitrogens is 11. The van der Waals surface area contributed by atoms with Crippen molar-refractivity contribution in [3.63, 3.8) is 0 Å². The van der Waals surface area contributed by atoms with Crippen LogP contribution in [-0.4, -0.2) is 66.3 Å². The van der Waals surface area contributed by atoms with Crippen LogP contribution in [0.1, 0.15) is 163 Å². The van der Waals surface area contributed by atoms with Crippen LogP contribution in [0.4, 0.5) is 11.4 Å². The Labute approximate surface area is 566 Å². The Morgan fingerprint density at radius 3 is 1.24 bits per heavy atom. The molecule has 0 unspecified atom stereocenters. The van der Waals surface area contributed by atoms with E-state index in [4.69, 9.17) is 13.6 Å². The Balaban J connectivity index is 0.000000162. The zero-order chi connectivity index (χ0) is 69.9. The zero-order valence-electron chi connectivity index (χ0n) is 59.0. The average molecular weight is 1300 g/mol. The Kier molecular flexibility index (Phi) is 22.6. The van der Waals surface area contributed by atoms with Gasteiger partial charge in [-0.2, -0.15) is 0 Å². The van der Waals surface area contributed by atoms with Crippen molar-refractivity contribution in [3.05, 3.63) is 219 Å². The van der Waals surface area contributed by atoms with Crippen LogP contribution in [0.15, 0.2) is 165 Å². The zero-order valence-corrected chi connectivity index (χ0v) is 59.0. The molecule has 0 aliphatic carbocycles. The average Bonchev–Trinajstić information content (AvgIpc) is 1.64. The molecule has 19 nitrogen and oxygen atoms in total. The summed E-state index contributed by atoms with van der Waals surface area (Å²) >= 11 is 0. The van der Waals surface area contributed by atoms with Crippen molar-refractivity contribution in [2.75, 3.05) is 9.80 Å². The molecule has 2 aliphatic heterocycles. The van der Waals surface area contributed by atoms with Crippen molar-refractivity contribution in [2.24, 2.45) is 7.05 Å². The molecule has 0 bridgehead atoms. The number of hydrogen-bond donors (Lipinski definition) is 0. The Morgan fingerprint density at radius 2 is 0.835 bits per heavy atom. The van der Waals surface area contributed by atoms with Crippen LogP contribution in [0.2, 0.25) is 0 Å². The van der Waals surface area contributed by atoms with E-state index in [1.54, 1.807) is 41.0 Å². The quantitative estimate of drug-likeness (QED) is 0.124. The summed E-state index contributed by atoms with van der Waals surface area (Å²) in [4.78, 5) is 70.2. The number of benzene rings is 3. The highest BCUT2D eigenvalue weighted by Crippen LogP contribution is 2.44. The third-order valence-electron chi connectivity index (χ3n) is 17.2. The van der Waals surface area contributed by atoms with Gasteiger partial charge in [-0.3, -0.25) is 48.6 Å². The van der Waals surface area contributed by atoms with Crippen LogP contribution >= 0.6 is 0 Å². The predicted molar refractivity (Wildman–Crippen MR) is 387 cm³/mol. The van der Waals surface area contributed by atoms with Crippen molar-refractivity contribution < 1.29 is 23.2 Å². The smallest absolute Gasteiger partial charge is 0.329 e. The van der Waals surface area contributed by atoms with Gasteiger partial charge in [-0.05, 0) is 133 Å². The lowest BCUT2D eigenvalue weighted by molar-refractivity contribution is -0.118. The lowest BCUT2D eigenvalue weighted by atomic mass is 10.0. The summed E-state index contributed by atoms with van der Waals surface area (Å²) in [6.07, 6.45) is 12.2. The molecule has 13 aromatic rings. The van der Waals surface area contributed by atoms with E-state index in [0.717, 1.165) is 157 Å². The van der Waals surface area contributed by atoms with E-state index in [-0.39, 0.29) is 35.6 Å². The number of rotatable bonds is 10. The van der Waals surface area contributed by atoms with Gasteiger partial charge in [0.15, 0.2) is 0 Å². The van der Waals surface area contributed by atoms with Gasteiger partial charge in [0, 0.05) is 82.0 Å². The number of pyridine rings is 6. The first-order valence-corrected chi connectivity index (χ1v) is 33.6. The van der Waals surface area contributed by atoms with Crippen LogP contribution < -0.4 is 15.5 Å². The Hall–Kier alpha value is -10.8. The fourth-order valence-electron chi connectivity index (χ4n) is 12.9. The first kappa shape index (κ1) is 70.5. The lowest BCUT2D eigenvalue weighted by Crippen LogP contribution is -2.32. The maximum atomic E-state index is 13.1. The third kappa shape index (κ3) is 13.6. The van der Waals surface area contributed by atoms with Gasteiger partial charge in [-0.25, -0.2) is 4.79 Å². The molecular weight excluding hydrogens is 1210 g/mol. The standard InChI is InChI=1S/C24H22N4O2.C23H21N5O2.C23H20N4O2.4C2H6/c1-4-21(19-7-5-6-10-25-19)28-22(29)12-17-13-26-20-11-16(8-9-18(20)24(17)28)23-14(2)27-30-15(23)3;1-13-21(15(3)30-26-13)16-8-9-17-19(11-16)25-12-20-22(17)28(23(29)27(20)4)14(2)18-7-5-6-10-24-18;1-13-22(15(3)29-26-13)16-7-8-18-20(10-16)25-12-17-11-21(28)27(23(17)18)14(2)19-6-4-5-9-24-19;4*1-2/h5-11,13,21H,4,12H2,1-3H3;5-12,14H,1-4H3;4-10,12,14H,11H2,1-3H3;4*1-2H3/t21-;2*14-;;;;/m111..../s1. The Morgan fingerprint density at radius 1 is 0.454 bits per heavy atom. The maximum Gasteiger partial charge on any atom is 0.329 e. The first-order chi connectivity index (χ1) is 47.1. The molecule has 12 heterocycles. The van der Waals surface area contributed by atoms with E-state index in [9.17, 15) is 14.4 Å². The second kappa shape index (κ2) is 31.2. The van der Waals surface area contributed by atoms with E-state index in [1.807, 2.05) is 230 Å². The summed E-state index contributed by atoms with van der Waals surface area (Å²) in [6, 6.07) is 35.3. The largest absolute Gasteiger partial charge is 0.361 e. The Bertz CT molecular complexity index is 4900. The number of aryl methyl sites for hydroxylation is 7. The number of amides is 2. The van der Waals surface area contributed by atoms with Crippen molar-refractivity contribution in [2.45, 2.75) is 155 Å². The molecule has 97 heavy (non-hydrogen) atoms. The monoisotopic (exact) mass is 1300 g/mol. The van der Waals surface area contributed by atoms with Crippen molar-refractivity contribution in [1.82, 2.24) is 54.5 Å². The number of fused-ring (bicyclic) bond motifs is 9. The van der Waals surface area contributed by atoms with Gasteiger partial charge in [-0.1, -0.05) is 132 Å². The van der Waals surface area contributed by atoms with E-state index < -0.39 is 0 Å². The fourth-order valence-corrected chi connectivity index (χ4v) is 12.9. The highest BCUT2D eigenvalue weighted by molar-refractivity contribution is 6.12. The summed E-state index contributed by atoms with van der Waals surface area (Å²) in [5.74, 6) is 2.50. The van der Waals surface area contributed by atoms with Gasteiger partial charge in [0.25, 0.3) is 0 Å². The van der Waals surface area contributed by atoms with Crippen molar-refractivity contribution in [1.29, 1.82) is 0 Å². The van der Waals surface area contributed by atoms with Crippen LogP contribution in [0.25, 0.3) is 77.1 Å². The number of carbonyl (C=O) groups excluding carboxylic acids is 2. The minimum absolute atomic E-state index is 0.0715. The molecule has 3 atom stereocenters. The van der Waals surface area contributed by atoms with Gasteiger partial charge in [0.05, 0.1) is 110 Å². The second-order valence-corrected chi connectivity index (χ2v) is 22.7. The minimum Gasteiger partial charge on any atom is -0.361 e. The molecule has 0 spiro atoms. The number of nitrogens with zero attached hydrogens (tertiary/aromatic N) is 13. The molecular formula is C78H87N13O6. The van der Waals surface area contributed by atoms with Crippen molar-refractivity contribution >= 4 is 66.9 Å². The maximum absolute atomic E-state index is 13.1. The fraction of sp³-hybridized carbons (Fsp3) is 0.308.